The number of carbonyl (C=O) groups excluding carboxylic acids is 3. The minimum atomic E-state index is -0.613. The first-order chi connectivity index (χ1) is 34.3. The number of azo groups is 3. The minimum Gasteiger partial charge on any atom is -0.505 e. The van der Waals surface area contributed by atoms with Crippen LogP contribution in [-0.4, -0.2) is 27.8 Å². The third-order valence-electron chi connectivity index (χ3n) is 11.5. The van der Waals surface area contributed by atoms with Crippen LogP contribution in [-0.2, 0) is 0 Å². The fourth-order valence-electron chi connectivity index (χ4n) is 8.15. The number of hydrogen-bond acceptors (Lipinski definition) is 11. The molecule has 9 aromatic rings. The van der Waals surface area contributed by atoms with Crippen LogP contribution in [0.25, 0.3) is 32.7 Å². The van der Waals surface area contributed by atoms with Gasteiger partial charge in [-0.2, -0.15) is 20.5 Å². The zero-order valence-electron chi connectivity index (χ0n) is 36.7. The zero-order valence-corrected chi connectivity index (χ0v) is 39.8. The molecule has 10 rings (SSSR count). The highest BCUT2D eigenvalue weighted by Gasteiger charge is 2.28. The summed E-state index contributed by atoms with van der Waals surface area (Å²) in [6.45, 7) is 1.83. The molecular formula is C54H32Cl4N8O5. The molecule has 17 heteroatoms. The van der Waals surface area contributed by atoms with Crippen molar-refractivity contribution in [3.05, 3.63) is 200 Å². The third kappa shape index (κ3) is 9.55. The average molecular weight is 1010 g/mol. The molecular weight excluding hydrogens is 982 g/mol. The number of benzene rings is 9. The van der Waals surface area contributed by atoms with Crippen LogP contribution in [0.2, 0.25) is 20.1 Å². The highest BCUT2D eigenvalue weighted by atomic mass is 35.5. The van der Waals surface area contributed by atoms with Crippen LogP contribution < -0.4 is 10.6 Å². The van der Waals surface area contributed by atoms with Gasteiger partial charge in [-0.05, 0) is 125 Å². The van der Waals surface area contributed by atoms with E-state index in [-0.39, 0.29) is 39.8 Å². The van der Waals surface area contributed by atoms with Crippen molar-refractivity contribution in [2.45, 2.75) is 6.92 Å². The average Bonchev–Trinajstić information content (AvgIpc) is 3.61. The standard InChI is InChI=1S/C54H32Cl4N8O5/c1-27-16-34(12-15-47(27)64-66-49-40-9-5-3-7-29(40)18-46(52(49)69)54(71)60-38-23-32(57)20-33(58)24-38)61-62-35-10-13-41-42-14-11-36(26-44(42)50(67)43(41)25-35)63-65-48-39-8-4-2-6-28(39)17-45(51(48)68)53(70)59-37-21-30(55)19-31(56)22-37/h2-26,68-69H,1H3,(H,59,70)(H,60,71). The van der Waals surface area contributed by atoms with Crippen molar-refractivity contribution in [3.63, 3.8) is 0 Å². The summed E-state index contributed by atoms with van der Waals surface area (Å²) in [5.41, 5.74) is 5.56. The summed E-state index contributed by atoms with van der Waals surface area (Å²) in [5, 5.41) is 58.5. The van der Waals surface area contributed by atoms with E-state index in [1.54, 1.807) is 121 Å². The summed E-state index contributed by atoms with van der Waals surface area (Å²) >= 11 is 24.5. The number of rotatable bonds is 10. The van der Waals surface area contributed by atoms with Gasteiger partial charge < -0.3 is 20.8 Å². The second kappa shape index (κ2) is 19.2. The van der Waals surface area contributed by atoms with Gasteiger partial charge in [0, 0.05) is 53.4 Å². The fraction of sp³-hybridized carbons (Fsp3) is 0.0185. The van der Waals surface area contributed by atoms with Crippen LogP contribution in [0.4, 0.5) is 45.5 Å². The minimum absolute atomic E-state index is 0.0217. The molecule has 0 radical (unpaired) electrons. The maximum absolute atomic E-state index is 13.9. The molecule has 0 aromatic heterocycles. The Labute approximate surface area is 423 Å². The van der Waals surface area contributed by atoms with Gasteiger partial charge in [0.15, 0.2) is 17.3 Å². The number of aromatic hydroxyl groups is 2. The van der Waals surface area contributed by atoms with E-state index < -0.39 is 11.8 Å². The van der Waals surface area contributed by atoms with Gasteiger partial charge in [0.25, 0.3) is 11.8 Å². The summed E-state index contributed by atoms with van der Waals surface area (Å²) in [6.07, 6.45) is 0. The van der Waals surface area contributed by atoms with Gasteiger partial charge in [-0.3, -0.25) is 14.4 Å². The number of fused-ring (bicyclic) bond motifs is 5. The number of phenolic OH excluding ortho intramolecular Hbond substituents is 2. The van der Waals surface area contributed by atoms with Crippen LogP contribution in [0.3, 0.4) is 0 Å². The number of ketones is 1. The lowest BCUT2D eigenvalue weighted by atomic mass is 10.0. The van der Waals surface area contributed by atoms with Gasteiger partial charge in [-0.15, -0.1) is 10.2 Å². The number of carbonyl (C=O) groups is 3. The highest BCUT2D eigenvalue weighted by molar-refractivity contribution is 6.36. The molecule has 4 N–H and O–H groups in total. The van der Waals surface area contributed by atoms with Crippen LogP contribution in [0.1, 0.15) is 42.2 Å². The first-order valence-electron chi connectivity index (χ1n) is 21.5. The summed E-state index contributed by atoms with van der Waals surface area (Å²) in [6, 6.07) is 42.2. The number of nitrogens with one attached hydrogen (secondary N) is 2. The number of anilines is 2. The van der Waals surface area contributed by atoms with E-state index >= 15 is 0 Å². The van der Waals surface area contributed by atoms with Gasteiger partial charge >= 0.3 is 0 Å². The molecule has 346 valence electrons. The largest absolute Gasteiger partial charge is 0.505 e. The topological polar surface area (TPSA) is 190 Å². The van der Waals surface area contributed by atoms with E-state index in [1.165, 1.54) is 18.2 Å². The number of halogens is 4. The Morgan fingerprint density at radius 2 is 0.859 bits per heavy atom. The van der Waals surface area contributed by atoms with E-state index in [4.69, 9.17) is 46.4 Å². The first-order valence-corrected chi connectivity index (χ1v) is 23.0. The SMILES string of the molecule is Cc1cc(N=Nc2ccc3c(c2)C(=O)c2cc(N=Nc4c(O)c(C(=O)Nc5cc(Cl)cc(Cl)c5)cc5ccccc45)ccc2-3)ccc1N=Nc1c(O)c(C(=O)Nc2cc(Cl)cc(Cl)c2)cc2ccccc12. The van der Waals surface area contributed by atoms with E-state index in [9.17, 15) is 24.6 Å². The Morgan fingerprint density at radius 1 is 0.451 bits per heavy atom. The van der Waals surface area contributed by atoms with E-state index in [0.29, 0.717) is 98.0 Å². The second-order valence-electron chi connectivity index (χ2n) is 16.3. The van der Waals surface area contributed by atoms with Gasteiger partial charge in [0.2, 0.25) is 0 Å². The quantitative estimate of drug-likeness (QED) is 0.0990. The Hall–Kier alpha value is -8.33. The maximum Gasteiger partial charge on any atom is 0.259 e. The number of amides is 2. The van der Waals surface area contributed by atoms with Crippen molar-refractivity contribution in [2.75, 3.05) is 10.6 Å². The fourth-order valence-corrected chi connectivity index (χ4v) is 9.21. The molecule has 0 saturated heterocycles. The molecule has 0 saturated carbocycles. The van der Waals surface area contributed by atoms with Crippen molar-refractivity contribution in [2.24, 2.45) is 30.7 Å². The molecule has 0 atom stereocenters. The van der Waals surface area contributed by atoms with Gasteiger partial charge in [0.05, 0.1) is 33.9 Å². The van der Waals surface area contributed by atoms with Crippen LogP contribution in [0.15, 0.2) is 182 Å². The molecule has 2 amide bonds. The molecule has 9 aromatic carbocycles. The molecule has 1 aliphatic carbocycles. The molecule has 1 aliphatic rings. The summed E-state index contributed by atoms with van der Waals surface area (Å²) in [5.74, 6) is -2.19. The molecule has 0 bridgehead atoms. The summed E-state index contributed by atoms with van der Waals surface area (Å²) in [7, 11) is 0. The molecule has 13 nitrogen and oxygen atoms in total. The monoisotopic (exact) mass is 1010 g/mol. The summed E-state index contributed by atoms with van der Waals surface area (Å²) in [4.78, 5) is 40.7. The Bertz CT molecular complexity index is 3800. The van der Waals surface area contributed by atoms with E-state index in [2.05, 4.69) is 41.3 Å². The summed E-state index contributed by atoms with van der Waals surface area (Å²) < 4.78 is 0. The number of aryl methyl sites for hydroxylation is 1. The van der Waals surface area contributed by atoms with E-state index in [1.807, 2.05) is 19.1 Å². The second-order valence-corrected chi connectivity index (χ2v) is 18.0. The Kier molecular flexibility index (Phi) is 12.6. The third-order valence-corrected chi connectivity index (χ3v) is 12.4. The van der Waals surface area contributed by atoms with Crippen molar-refractivity contribution in [1.82, 2.24) is 0 Å². The highest BCUT2D eigenvalue weighted by Crippen LogP contribution is 2.44. The van der Waals surface area contributed by atoms with Gasteiger partial charge in [-0.25, -0.2) is 0 Å². The maximum atomic E-state index is 13.9. The lowest BCUT2D eigenvalue weighted by Crippen LogP contribution is -2.12. The predicted molar refractivity (Wildman–Crippen MR) is 279 cm³/mol. The number of hydrogen-bond donors (Lipinski definition) is 4. The van der Waals surface area contributed by atoms with Crippen molar-refractivity contribution >= 4 is 131 Å². The predicted octanol–water partition coefficient (Wildman–Crippen LogP) is 17.3. The Morgan fingerprint density at radius 3 is 1.32 bits per heavy atom. The van der Waals surface area contributed by atoms with Crippen molar-refractivity contribution < 1.29 is 24.6 Å². The van der Waals surface area contributed by atoms with Crippen LogP contribution in [0.5, 0.6) is 11.5 Å². The zero-order chi connectivity index (χ0) is 49.5. The lowest BCUT2D eigenvalue weighted by molar-refractivity contribution is 0.101. The van der Waals surface area contributed by atoms with Gasteiger partial charge in [-0.1, -0.05) is 107 Å². The number of phenols is 2. The molecule has 0 fully saturated rings. The lowest BCUT2D eigenvalue weighted by Gasteiger charge is -2.12. The van der Waals surface area contributed by atoms with Gasteiger partial charge in [0.1, 0.15) is 11.4 Å². The molecule has 0 unspecified atom stereocenters. The number of nitrogens with zero attached hydrogens (tertiary/aromatic N) is 6. The van der Waals surface area contributed by atoms with Crippen molar-refractivity contribution in [3.8, 4) is 22.6 Å². The van der Waals surface area contributed by atoms with Crippen molar-refractivity contribution in [1.29, 1.82) is 0 Å². The first kappa shape index (κ1) is 46.4. The molecule has 71 heavy (non-hydrogen) atoms. The van der Waals surface area contributed by atoms with Crippen LogP contribution >= 0.6 is 46.4 Å². The van der Waals surface area contributed by atoms with Crippen LogP contribution in [0, 0.1) is 6.92 Å². The molecule has 0 heterocycles. The van der Waals surface area contributed by atoms with E-state index in [0.717, 1.165) is 5.56 Å². The smallest absolute Gasteiger partial charge is 0.259 e. The molecule has 0 spiro atoms. The normalized spacial score (nSPS) is 12.1. The Balaban J connectivity index is 0.855. The molecule has 0 aliphatic heterocycles.